The molecule has 0 spiro atoms. The number of hydrogen-bond donors (Lipinski definition) is 0. The zero-order chi connectivity index (χ0) is 9.03. The van der Waals surface area contributed by atoms with Gasteiger partial charge < -0.3 is 4.74 Å². The molecule has 0 aromatic rings. The van der Waals surface area contributed by atoms with Gasteiger partial charge in [-0.1, -0.05) is 13.3 Å². The Morgan fingerprint density at radius 1 is 1.67 bits per heavy atom. The highest BCUT2D eigenvalue weighted by atomic mass is 16.5. The Morgan fingerprint density at radius 3 is 2.83 bits per heavy atom. The molecule has 68 valence electrons. The van der Waals surface area contributed by atoms with Crippen LogP contribution in [0.1, 0.15) is 33.1 Å². The highest BCUT2D eigenvalue weighted by molar-refractivity contribution is 5.05. The molecule has 1 rings (SSSR count). The van der Waals surface area contributed by atoms with Gasteiger partial charge in [0.05, 0.1) is 18.1 Å². The van der Waals surface area contributed by atoms with Gasteiger partial charge in [-0.3, -0.25) is 0 Å². The number of rotatable bonds is 3. The third kappa shape index (κ3) is 1.61. The topological polar surface area (TPSA) is 33.0 Å². The Hall–Kier alpha value is -0.550. The minimum absolute atomic E-state index is 0.171. The third-order valence-electron chi connectivity index (χ3n) is 2.99. The first-order chi connectivity index (χ1) is 5.75. The fourth-order valence-electron chi connectivity index (χ4n) is 1.94. The summed E-state index contributed by atoms with van der Waals surface area (Å²) in [5, 5.41) is 9.08. The van der Waals surface area contributed by atoms with E-state index in [-0.39, 0.29) is 5.41 Å². The molecule has 2 atom stereocenters. The molecule has 0 N–H and O–H groups in total. The van der Waals surface area contributed by atoms with Crippen molar-refractivity contribution in [2.24, 2.45) is 11.3 Å². The second-order valence-electron chi connectivity index (χ2n) is 3.70. The summed E-state index contributed by atoms with van der Waals surface area (Å²) in [6.07, 6.45) is 3.38. The van der Waals surface area contributed by atoms with E-state index in [2.05, 4.69) is 13.0 Å². The summed E-state index contributed by atoms with van der Waals surface area (Å²) >= 11 is 0. The van der Waals surface area contributed by atoms with Crippen LogP contribution in [0.25, 0.3) is 0 Å². The quantitative estimate of drug-likeness (QED) is 0.646. The van der Waals surface area contributed by atoms with Gasteiger partial charge in [0, 0.05) is 6.61 Å². The van der Waals surface area contributed by atoms with Gasteiger partial charge in [0.1, 0.15) is 0 Å². The third-order valence-corrected chi connectivity index (χ3v) is 2.99. The van der Waals surface area contributed by atoms with Gasteiger partial charge >= 0.3 is 0 Å². The van der Waals surface area contributed by atoms with E-state index in [0.29, 0.717) is 12.5 Å². The predicted molar refractivity (Wildman–Crippen MR) is 47.6 cm³/mol. The van der Waals surface area contributed by atoms with Crippen molar-refractivity contribution < 1.29 is 4.74 Å². The Morgan fingerprint density at radius 2 is 2.42 bits per heavy atom. The van der Waals surface area contributed by atoms with Gasteiger partial charge in [0.2, 0.25) is 0 Å². The van der Waals surface area contributed by atoms with E-state index < -0.39 is 0 Å². The first-order valence-corrected chi connectivity index (χ1v) is 4.74. The monoisotopic (exact) mass is 167 g/mol. The lowest BCUT2D eigenvalue weighted by Gasteiger charge is -2.25. The average Bonchev–Trinajstić information content (AvgIpc) is 2.45. The van der Waals surface area contributed by atoms with Crippen molar-refractivity contribution in [1.82, 2.24) is 0 Å². The van der Waals surface area contributed by atoms with Crippen LogP contribution < -0.4 is 0 Å². The van der Waals surface area contributed by atoms with E-state index >= 15 is 0 Å². The van der Waals surface area contributed by atoms with Gasteiger partial charge in [-0.25, -0.2) is 0 Å². The zero-order valence-corrected chi connectivity index (χ0v) is 7.97. The molecule has 0 aliphatic heterocycles. The predicted octanol–water partition coefficient (Wildman–Crippen LogP) is 2.35. The lowest BCUT2D eigenvalue weighted by Crippen LogP contribution is -2.27. The molecule has 0 heterocycles. The van der Waals surface area contributed by atoms with Crippen LogP contribution in [0.15, 0.2) is 0 Å². The van der Waals surface area contributed by atoms with Crippen molar-refractivity contribution in [2.45, 2.75) is 33.1 Å². The second-order valence-corrected chi connectivity index (χ2v) is 3.70. The van der Waals surface area contributed by atoms with Crippen LogP contribution in [0, 0.1) is 22.7 Å². The van der Waals surface area contributed by atoms with Crippen molar-refractivity contribution in [3.63, 3.8) is 0 Å². The summed E-state index contributed by atoms with van der Waals surface area (Å²) in [5.74, 6) is 0.508. The fraction of sp³-hybridized carbons (Fsp3) is 0.900. The molecule has 0 radical (unpaired) electrons. The fourth-order valence-corrected chi connectivity index (χ4v) is 1.94. The summed E-state index contributed by atoms with van der Waals surface area (Å²) in [4.78, 5) is 0. The molecule has 0 bridgehead atoms. The van der Waals surface area contributed by atoms with Gasteiger partial charge in [-0.2, -0.15) is 5.26 Å². The summed E-state index contributed by atoms with van der Waals surface area (Å²) in [6.45, 7) is 5.48. The molecular weight excluding hydrogens is 150 g/mol. The molecule has 1 fully saturated rings. The number of nitriles is 1. The van der Waals surface area contributed by atoms with Gasteiger partial charge in [-0.05, 0) is 25.7 Å². The van der Waals surface area contributed by atoms with Crippen molar-refractivity contribution in [1.29, 1.82) is 5.26 Å². The average molecular weight is 167 g/mol. The van der Waals surface area contributed by atoms with E-state index in [1.54, 1.807) is 0 Å². The summed E-state index contributed by atoms with van der Waals surface area (Å²) in [5.41, 5.74) is -0.171. The van der Waals surface area contributed by atoms with Gasteiger partial charge in [-0.15, -0.1) is 0 Å². The highest BCUT2D eigenvalue weighted by Gasteiger charge is 2.40. The van der Waals surface area contributed by atoms with Crippen molar-refractivity contribution in [2.75, 3.05) is 13.2 Å². The highest BCUT2D eigenvalue weighted by Crippen LogP contribution is 2.42. The Labute approximate surface area is 74.5 Å². The summed E-state index contributed by atoms with van der Waals surface area (Å²) in [7, 11) is 0. The maximum atomic E-state index is 9.08. The number of hydrogen-bond acceptors (Lipinski definition) is 2. The first kappa shape index (κ1) is 9.54. The summed E-state index contributed by atoms with van der Waals surface area (Å²) < 4.78 is 5.36. The molecule has 1 saturated carbocycles. The van der Waals surface area contributed by atoms with Crippen molar-refractivity contribution >= 4 is 0 Å². The maximum Gasteiger partial charge on any atom is 0.0832 e. The van der Waals surface area contributed by atoms with Crippen LogP contribution in [0.3, 0.4) is 0 Å². The molecule has 2 unspecified atom stereocenters. The van der Waals surface area contributed by atoms with E-state index in [4.69, 9.17) is 10.00 Å². The molecule has 1 aliphatic carbocycles. The van der Waals surface area contributed by atoms with Crippen LogP contribution in [-0.2, 0) is 4.74 Å². The molecule has 0 aromatic carbocycles. The first-order valence-electron chi connectivity index (χ1n) is 4.74. The number of ether oxygens (including phenoxy) is 1. The van der Waals surface area contributed by atoms with E-state index in [1.807, 2.05) is 6.92 Å². The van der Waals surface area contributed by atoms with Gasteiger partial charge in [0.15, 0.2) is 0 Å². The summed E-state index contributed by atoms with van der Waals surface area (Å²) in [6, 6.07) is 2.44. The molecule has 12 heavy (non-hydrogen) atoms. The molecule has 2 heteroatoms. The van der Waals surface area contributed by atoms with Gasteiger partial charge in [0.25, 0.3) is 0 Å². The van der Waals surface area contributed by atoms with Crippen LogP contribution in [0.4, 0.5) is 0 Å². The normalized spacial score (nSPS) is 34.9. The Balaban J connectivity index is 2.57. The SMILES string of the molecule is CCOCC1(C#N)CCCC1C. The second kappa shape index (κ2) is 3.91. The van der Waals surface area contributed by atoms with Crippen molar-refractivity contribution in [3.8, 4) is 6.07 Å². The van der Waals surface area contributed by atoms with E-state index in [9.17, 15) is 0 Å². The van der Waals surface area contributed by atoms with E-state index in [0.717, 1.165) is 13.0 Å². The minimum Gasteiger partial charge on any atom is -0.380 e. The minimum atomic E-state index is -0.171. The smallest absolute Gasteiger partial charge is 0.0832 e. The van der Waals surface area contributed by atoms with Crippen LogP contribution >= 0.6 is 0 Å². The van der Waals surface area contributed by atoms with Crippen LogP contribution in [0.2, 0.25) is 0 Å². The lowest BCUT2D eigenvalue weighted by atomic mass is 9.81. The molecule has 2 nitrogen and oxygen atoms in total. The van der Waals surface area contributed by atoms with Crippen LogP contribution in [0.5, 0.6) is 0 Å². The molecule has 0 saturated heterocycles. The Kier molecular flexibility index (Phi) is 3.11. The van der Waals surface area contributed by atoms with E-state index in [1.165, 1.54) is 12.8 Å². The van der Waals surface area contributed by atoms with Crippen LogP contribution in [-0.4, -0.2) is 13.2 Å². The van der Waals surface area contributed by atoms with Crippen molar-refractivity contribution in [3.05, 3.63) is 0 Å². The lowest BCUT2D eigenvalue weighted by molar-refractivity contribution is 0.0640. The largest absolute Gasteiger partial charge is 0.380 e. The maximum absolute atomic E-state index is 9.08. The molecule has 0 aromatic heterocycles. The Bertz CT molecular complexity index is 185. The molecule has 0 amide bonds. The number of nitrogens with zero attached hydrogens (tertiary/aromatic N) is 1. The zero-order valence-electron chi connectivity index (χ0n) is 7.97. The molecular formula is C10H17NO. The molecule has 1 aliphatic rings. The standard InChI is InChI=1S/C10H17NO/c1-3-12-8-10(7-11)6-4-5-9(10)2/h9H,3-6,8H2,1-2H3.